The maximum absolute atomic E-state index is 12.3. The fraction of sp³-hybridized carbons (Fsp3) is 0.0769. The predicted molar refractivity (Wildman–Crippen MR) is 66.0 cm³/mol. The van der Waals surface area contributed by atoms with Gasteiger partial charge in [0.1, 0.15) is 5.75 Å². The summed E-state index contributed by atoms with van der Waals surface area (Å²) in [7, 11) is 0. The number of alkyl halides is 2. The van der Waals surface area contributed by atoms with Crippen molar-refractivity contribution in [3.8, 4) is 16.9 Å². The number of ether oxygens (including phenoxy) is 1. The minimum Gasteiger partial charge on any atom is -0.434 e. The third kappa shape index (κ3) is 3.04. The number of halogens is 2. The first-order chi connectivity index (χ1) is 9.08. The Labute approximate surface area is 108 Å². The summed E-state index contributed by atoms with van der Waals surface area (Å²) in [6.07, 6.45) is 0. The smallest absolute Gasteiger partial charge is 0.387 e. The summed E-state index contributed by atoms with van der Waals surface area (Å²) in [6.45, 7) is -2.91. The van der Waals surface area contributed by atoms with Crippen LogP contribution in [-0.2, 0) is 0 Å². The summed E-state index contributed by atoms with van der Waals surface area (Å²) in [5.74, 6) is 5.15. The number of benzene rings is 2. The van der Waals surface area contributed by atoms with Crippen molar-refractivity contribution in [2.45, 2.75) is 6.61 Å². The summed E-state index contributed by atoms with van der Waals surface area (Å²) in [4.78, 5) is 11.2. The monoisotopic (exact) mass is 265 g/mol. The molecule has 0 aliphatic heterocycles. The Bertz CT molecular complexity index is 603. The lowest BCUT2D eigenvalue weighted by molar-refractivity contribution is -0.474. The molecular formula is C13H11F2N2O2+. The Morgan fingerprint density at radius 2 is 1.84 bits per heavy atom. The van der Waals surface area contributed by atoms with Crippen molar-refractivity contribution in [2.75, 3.05) is 0 Å². The van der Waals surface area contributed by atoms with Crippen LogP contribution in [0.3, 0.4) is 0 Å². The van der Waals surface area contributed by atoms with Crippen LogP contribution in [0.5, 0.6) is 5.75 Å². The molecule has 2 aromatic carbocycles. The molecule has 0 saturated heterocycles. The third-order valence-corrected chi connectivity index (χ3v) is 2.51. The van der Waals surface area contributed by atoms with Gasteiger partial charge in [-0.15, -0.1) is 0 Å². The molecule has 19 heavy (non-hydrogen) atoms. The van der Waals surface area contributed by atoms with E-state index >= 15 is 0 Å². The summed E-state index contributed by atoms with van der Waals surface area (Å²) in [5, 5.41) is 0. The molecule has 0 saturated carbocycles. The molecule has 0 bridgehead atoms. The quantitative estimate of drug-likeness (QED) is 0.524. The van der Waals surface area contributed by atoms with E-state index in [1.807, 2.05) is 0 Å². The molecule has 0 radical (unpaired) electrons. The van der Waals surface area contributed by atoms with E-state index in [9.17, 15) is 13.7 Å². The highest BCUT2D eigenvalue weighted by Crippen LogP contribution is 2.32. The van der Waals surface area contributed by atoms with Crippen LogP contribution < -0.4 is 10.6 Å². The number of hydrazine groups is 1. The molecule has 98 valence electrons. The molecule has 0 aromatic heterocycles. The molecule has 0 fully saturated rings. The summed E-state index contributed by atoms with van der Waals surface area (Å²) in [6, 6.07) is 12.7. The maximum atomic E-state index is 12.3. The average molecular weight is 265 g/mol. The zero-order valence-electron chi connectivity index (χ0n) is 9.79. The van der Waals surface area contributed by atoms with E-state index in [0.29, 0.717) is 11.1 Å². The van der Waals surface area contributed by atoms with Crippen molar-refractivity contribution >= 4 is 5.69 Å². The van der Waals surface area contributed by atoms with Crippen LogP contribution in [0.2, 0.25) is 0 Å². The van der Waals surface area contributed by atoms with Gasteiger partial charge in [-0.05, 0) is 11.6 Å². The molecule has 0 unspecified atom stereocenters. The van der Waals surface area contributed by atoms with Crippen molar-refractivity contribution < 1.29 is 18.4 Å². The lowest BCUT2D eigenvalue weighted by atomic mass is 10.0. The molecule has 2 aromatic rings. The van der Waals surface area contributed by atoms with E-state index in [0.717, 1.165) is 0 Å². The van der Waals surface area contributed by atoms with Crippen LogP contribution >= 0.6 is 0 Å². The SMILES string of the molecule is N[N+](=O)c1cccc(-c2ccccc2OC(F)F)c1. The fourth-order valence-corrected chi connectivity index (χ4v) is 1.71. The Kier molecular flexibility index (Phi) is 3.70. The number of nitrogens with zero attached hydrogens (tertiary/aromatic N) is 1. The number of hydrogen-bond donors (Lipinski definition) is 1. The van der Waals surface area contributed by atoms with E-state index in [-0.39, 0.29) is 16.3 Å². The minimum atomic E-state index is -2.91. The second-order valence-electron chi connectivity index (χ2n) is 3.75. The van der Waals surface area contributed by atoms with Crippen LogP contribution in [0.25, 0.3) is 11.1 Å². The Morgan fingerprint density at radius 3 is 2.53 bits per heavy atom. The third-order valence-electron chi connectivity index (χ3n) is 2.51. The maximum Gasteiger partial charge on any atom is 0.387 e. The minimum absolute atomic E-state index is 0.0455. The topological polar surface area (TPSA) is 55.3 Å². The fourth-order valence-electron chi connectivity index (χ4n) is 1.71. The first kappa shape index (κ1) is 12.9. The van der Waals surface area contributed by atoms with Gasteiger partial charge in [0.05, 0.1) is 4.91 Å². The van der Waals surface area contributed by atoms with Gasteiger partial charge in [-0.25, -0.2) is 0 Å². The number of rotatable bonds is 4. The first-order valence-corrected chi connectivity index (χ1v) is 5.44. The molecule has 0 spiro atoms. The highest BCUT2D eigenvalue weighted by atomic mass is 19.3. The Balaban J connectivity index is 2.46. The largest absolute Gasteiger partial charge is 0.434 e. The average Bonchev–Trinajstić information content (AvgIpc) is 2.39. The Hall–Kier alpha value is -2.50. The normalized spacial score (nSPS) is 10.5. The molecule has 4 nitrogen and oxygen atoms in total. The van der Waals surface area contributed by atoms with Crippen molar-refractivity contribution in [1.82, 2.24) is 0 Å². The number of hydrogen-bond acceptors (Lipinski definition) is 2. The van der Waals surface area contributed by atoms with Gasteiger partial charge in [0.15, 0.2) is 4.87 Å². The zero-order chi connectivity index (χ0) is 13.8. The van der Waals surface area contributed by atoms with Crippen molar-refractivity contribution in [2.24, 2.45) is 5.84 Å². The Morgan fingerprint density at radius 1 is 1.11 bits per heavy atom. The molecular weight excluding hydrogens is 254 g/mol. The van der Waals surface area contributed by atoms with Crippen molar-refractivity contribution in [3.63, 3.8) is 0 Å². The molecule has 0 aliphatic carbocycles. The highest BCUT2D eigenvalue weighted by molar-refractivity contribution is 5.72. The van der Waals surface area contributed by atoms with Gasteiger partial charge in [-0.1, -0.05) is 30.3 Å². The summed E-state index contributed by atoms with van der Waals surface area (Å²) < 4.78 is 29.1. The number of nitrogens with two attached hydrogens (primary N) is 1. The van der Waals surface area contributed by atoms with Gasteiger partial charge in [0.2, 0.25) is 0 Å². The second-order valence-corrected chi connectivity index (χ2v) is 3.75. The molecule has 2 N–H and O–H groups in total. The standard InChI is InChI=1S/C13H11F2N2O2/c14-13(15)19-12-7-2-1-6-11(12)9-4-3-5-10(8-9)17(16)18/h1-8,13H,(H2,16,18)/q+1. The van der Waals surface area contributed by atoms with Crippen molar-refractivity contribution in [1.29, 1.82) is 0 Å². The number of para-hydroxylation sites is 1. The lowest BCUT2D eigenvalue weighted by Gasteiger charge is -2.10. The van der Waals surface area contributed by atoms with Crippen LogP contribution in [0.1, 0.15) is 0 Å². The van der Waals surface area contributed by atoms with Gasteiger partial charge in [0.25, 0.3) is 5.69 Å². The predicted octanol–water partition coefficient (Wildman–Crippen LogP) is 3.24. The zero-order valence-corrected chi connectivity index (χ0v) is 9.79. The van der Waals surface area contributed by atoms with Gasteiger partial charge in [0, 0.05) is 17.7 Å². The lowest BCUT2D eigenvalue weighted by Crippen LogP contribution is -2.08. The highest BCUT2D eigenvalue weighted by Gasteiger charge is 2.14. The van der Waals surface area contributed by atoms with Crippen molar-refractivity contribution in [3.05, 3.63) is 53.4 Å². The van der Waals surface area contributed by atoms with Crippen LogP contribution in [0.15, 0.2) is 48.5 Å². The van der Waals surface area contributed by atoms with E-state index < -0.39 is 6.61 Å². The molecule has 0 amide bonds. The van der Waals surface area contributed by atoms with Gasteiger partial charge in [-0.2, -0.15) is 14.6 Å². The van der Waals surface area contributed by atoms with E-state index in [2.05, 4.69) is 4.74 Å². The van der Waals surface area contributed by atoms with Gasteiger partial charge in [-0.3, -0.25) is 0 Å². The molecule has 0 aliphatic rings. The van der Waals surface area contributed by atoms with E-state index in [4.69, 9.17) is 5.84 Å². The van der Waals surface area contributed by atoms with E-state index in [1.54, 1.807) is 30.3 Å². The molecule has 0 atom stereocenters. The van der Waals surface area contributed by atoms with Gasteiger partial charge >= 0.3 is 6.61 Å². The van der Waals surface area contributed by atoms with Gasteiger partial charge < -0.3 is 4.74 Å². The summed E-state index contributed by atoms with van der Waals surface area (Å²) in [5.41, 5.74) is 1.26. The second kappa shape index (κ2) is 5.43. The summed E-state index contributed by atoms with van der Waals surface area (Å²) >= 11 is 0. The molecule has 2 rings (SSSR count). The van der Waals surface area contributed by atoms with E-state index in [1.165, 1.54) is 18.2 Å². The first-order valence-electron chi connectivity index (χ1n) is 5.44. The van der Waals surface area contributed by atoms with Crippen LogP contribution in [-0.4, -0.2) is 11.5 Å². The molecule has 0 heterocycles. The number of nitroso groups, excluding NO2 is 1. The van der Waals surface area contributed by atoms with Crippen LogP contribution in [0, 0.1) is 4.91 Å². The van der Waals surface area contributed by atoms with Crippen LogP contribution in [0.4, 0.5) is 14.5 Å². The molecule has 6 heteroatoms.